The zero-order valence-electron chi connectivity index (χ0n) is 12.3. The van der Waals surface area contributed by atoms with E-state index in [0.29, 0.717) is 26.3 Å². The van der Waals surface area contributed by atoms with Gasteiger partial charge in [-0.05, 0) is 24.7 Å². The van der Waals surface area contributed by atoms with E-state index < -0.39 is 0 Å². The molecule has 116 valence electrons. The maximum absolute atomic E-state index is 12.8. The van der Waals surface area contributed by atoms with Gasteiger partial charge >= 0.3 is 0 Å². The first-order valence-electron chi connectivity index (χ1n) is 7.17. The highest BCUT2D eigenvalue weighted by atomic mass is 19.1. The molecule has 0 aromatic heterocycles. The van der Waals surface area contributed by atoms with E-state index in [1.165, 1.54) is 12.1 Å². The molecule has 6 heteroatoms. The van der Waals surface area contributed by atoms with Crippen LogP contribution in [0, 0.1) is 5.82 Å². The Kier molecular flexibility index (Phi) is 6.10. The predicted octanol–water partition coefficient (Wildman–Crippen LogP) is 0.362. The Morgan fingerprint density at radius 3 is 2.90 bits per heavy atom. The molecular weight excluding hydrogens is 273 g/mol. The summed E-state index contributed by atoms with van der Waals surface area (Å²) in [5.41, 5.74) is 1.05. The third-order valence-electron chi connectivity index (χ3n) is 3.40. The summed E-state index contributed by atoms with van der Waals surface area (Å²) in [6.07, 6.45) is 0. The summed E-state index contributed by atoms with van der Waals surface area (Å²) < 4.78 is 18.1. The number of morpholine rings is 1. The van der Waals surface area contributed by atoms with Crippen molar-refractivity contribution in [2.45, 2.75) is 12.6 Å². The number of hydrogen-bond acceptors (Lipinski definition) is 4. The van der Waals surface area contributed by atoms with Crippen LogP contribution >= 0.6 is 0 Å². The highest BCUT2D eigenvalue weighted by Gasteiger charge is 2.20. The number of carbonyl (C=O) groups excluding carboxylic acids is 1. The van der Waals surface area contributed by atoms with Crippen molar-refractivity contribution in [1.82, 2.24) is 15.5 Å². The van der Waals surface area contributed by atoms with Crippen molar-refractivity contribution >= 4 is 5.91 Å². The lowest BCUT2D eigenvalue weighted by Gasteiger charge is -2.23. The second-order valence-corrected chi connectivity index (χ2v) is 5.24. The molecule has 0 aliphatic carbocycles. The minimum Gasteiger partial charge on any atom is -0.378 e. The summed E-state index contributed by atoms with van der Waals surface area (Å²) in [6.45, 7) is 3.83. The van der Waals surface area contributed by atoms with E-state index in [-0.39, 0.29) is 17.8 Å². The van der Waals surface area contributed by atoms with E-state index >= 15 is 0 Å². The summed E-state index contributed by atoms with van der Waals surface area (Å²) in [5.74, 6) is -0.249. The average molecular weight is 295 g/mol. The number of nitrogens with zero attached hydrogens (tertiary/aromatic N) is 1. The zero-order valence-corrected chi connectivity index (χ0v) is 12.3. The largest absolute Gasteiger partial charge is 0.378 e. The fraction of sp³-hybridized carbons (Fsp3) is 0.533. The second kappa shape index (κ2) is 8.07. The fourth-order valence-electron chi connectivity index (χ4n) is 2.21. The number of hydrogen-bond donors (Lipinski definition) is 2. The monoisotopic (exact) mass is 295 g/mol. The topological polar surface area (TPSA) is 53.6 Å². The molecule has 1 atom stereocenters. The van der Waals surface area contributed by atoms with Gasteiger partial charge in [-0.1, -0.05) is 12.1 Å². The van der Waals surface area contributed by atoms with Crippen LogP contribution in [0.5, 0.6) is 0 Å². The summed E-state index contributed by atoms with van der Waals surface area (Å²) in [7, 11) is 1.97. The van der Waals surface area contributed by atoms with Crippen LogP contribution in [-0.4, -0.2) is 56.7 Å². The zero-order chi connectivity index (χ0) is 15.1. The lowest BCUT2D eigenvalue weighted by Crippen LogP contribution is -2.52. The molecule has 1 amide bonds. The molecule has 1 unspecified atom stereocenters. The summed E-state index contributed by atoms with van der Waals surface area (Å²) in [5, 5.41) is 6.01. The quantitative estimate of drug-likeness (QED) is 0.796. The van der Waals surface area contributed by atoms with Crippen molar-refractivity contribution in [3.63, 3.8) is 0 Å². The number of carbonyl (C=O) groups is 1. The molecule has 0 bridgehead atoms. The van der Waals surface area contributed by atoms with E-state index in [0.717, 1.165) is 18.7 Å². The number of rotatable bonds is 6. The maximum Gasteiger partial charge on any atom is 0.239 e. The van der Waals surface area contributed by atoms with Crippen LogP contribution < -0.4 is 10.6 Å². The summed E-state index contributed by atoms with van der Waals surface area (Å²) in [4.78, 5) is 13.9. The molecule has 0 radical (unpaired) electrons. The van der Waals surface area contributed by atoms with E-state index in [1.54, 1.807) is 12.1 Å². The molecular formula is C15H22FN3O2. The standard InChI is InChI=1S/C15H22FN3O2/c1-19(10-12-2-4-13(16)5-3-12)8-6-18-15(20)14-11-21-9-7-17-14/h2-5,14,17H,6-11H2,1H3,(H,18,20). The van der Waals surface area contributed by atoms with Crippen LogP contribution in [0.2, 0.25) is 0 Å². The van der Waals surface area contributed by atoms with Gasteiger partial charge in [0.1, 0.15) is 11.9 Å². The fourth-order valence-corrected chi connectivity index (χ4v) is 2.21. The van der Waals surface area contributed by atoms with Crippen molar-refractivity contribution in [1.29, 1.82) is 0 Å². The predicted molar refractivity (Wildman–Crippen MR) is 78.4 cm³/mol. The molecule has 2 rings (SSSR count). The highest BCUT2D eigenvalue weighted by Crippen LogP contribution is 2.05. The van der Waals surface area contributed by atoms with E-state index in [1.807, 2.05) is 7.05 Å². The van der Waals surface area contributed by atoms with Gasteiger partial charge in [0.05, 0.1) is 13.2 Å². The number of benzene rings is 1. The molecule has 1 heterocycles. The molecule has 2 N–H and O–H groups in total. The SMILES string of the molecule is CN(CCNC(=O)C1COCCN1)Cc1ccc(F)cc1. The van der Waals surface area contributed by atoms with Gasteiger partial charge in [-0.25, -0.2) is 4.39 Å². The van der Waals surface area contributed by atoms with Crippen LogP contribution in [0.1, 0.15) is 5.56 Å². The Morgan fingerprint density at radius 1 is 1.48 bits per heavy atom. The Bertz CT molecular complexity index is 447. The van der Waals surface area contributed by atoms with Crippen molar-refractivity contribution in [2.24, 2.45) is 0 Å². The third kappa shape index (κ3) is 5.41. The van der Waals surface area contributed by atoms with Gasteiger partial charge in [0.25, 0.3) is 0 Å². The number of halogens is 1. The molecule has 0 saturated carbocycles. The van der Waals surface area contributed by atoms with Gasteiger partial charge in [0.2, 0.25) is 5.91 Å². The molecule has 21 heavy (non-hydrogen) atoms. The van der Waals surface area contributed by atoms with Crippen molar-refractivity contribution in [3.05, 3.63) is 35.6 Å². The number of likely N-dealkylation sites (N-methyl/N-ethyl adjacent to an activating group) is 1. The first kappa shape index (κ1) is 15.9. The van der Waals surface area contributed by atoms with Crippen LogP contribution in [0.25, 0.3) is 0 Å². The van der Waals surface area contributed by atoms with Crippen molar-refractivity contribution in [2.75, 3.05) is 39.9 Å². The van der Waals surface area contributed by atoms with Crippen LogP contribution in [0.4, 0.5) is 4.39 Å². The lowest BCUT2D eigenvalue weighted by atomic mass is 10.2. The molecule has 5 nitrogen and oxygen atoms in total. The normalized spacial score (nSPS) is 18.7. The molecule has 0 spiro atoms. The maximum atomic E-state index is 12.8. The van der Waals surface area contributed by atoms with E-state index in [9.17, 15) is 9.18 Å². The smallest absolute Gasteiger partial charge is 0.239 e. The minimum absolute atomic E-state index is 0.0233. The Labute approximate surface area is 124 Å². The molecule has 1 aliphatic rings. The average Bonchev–Trinajstić information content (AvgIpc) is 2.50. The van der Waals surface area contributed by atoms with Gasteiger partial charge < -0.3 is 20.3 Å². The first-order valence-corrected chi connectivity index (χ1v) is 7.17. The highest BCUT2D eigenvalue weighted by molar-refractivity contribution is 5.81. The van der Waals surface area contributed by atoms with Crippen molar-refractivity contribution < 1.29 is 13.9 Å². The molecule has 1 fully saturated rings. The first-order chi connectivity index (χ1) is 10.1. The van der Waals surface area contributed by atoms with E-state index in [4.69, 9.17) is 4.74 Å². The van der Waals surface area contributed by atoms with Gasteiger partial charge in [0, 0.05) is 26.2 Å². The number of amides is 1. The Balaban J connectivity index is 1.65. The van der Waals surface area contributed by atoms with Crippen LogP contribution in [0.3, 0.4) is 0 Å². The Morgan fingerprint density at radius 2 is 2.24 bits per heavy atom. The summed E-state index contributed by atoms with van der Waals surface area (Å²) in [6, 6.07) is 6.21. The summed E-state index contributed by atoms with van der Waals surface area (Å²) >= 11 is 0. The molecule has 1 aliphatic heterocycles. The van der Waals surface area contributed by atoms with Crippen LogP contribution in [-0.2, 0) is 16.1 Å². The number of ether oxygens (including phenoxy) is 1. The Hall–Kier alpha value is -1.50. The van der Waals surface area contributed by atoms with Crippen molar-refractivity contribution in [3.8, 4) is 0 Å². The van der Waals surface area contributed by atoms with Gasteiger partial charge in [-0.15, -0.1) is 0 Å². The van der Waals surface area contributed by atoms with E-state index in [2.05, 4.69) is 15.5 Å². The third-order valence-corrected chi connectivity index (χ3v) is 3.40. The molecule has 1 aromatic carbocycles. The minimum atomic E-state index is -0.249. The molecule has 1 saturated heterocycles. The van der Waals surface area contributed by atoms with Gasteiger partial charge in [-0.2, -0.15) is 0 Å². The number of nitrogens with one attached hydrogen (secondary N) is 2. The van der Waals surface area contributed by atoms with Gasteiger partial charge in [-0.3, -0.25) is 4.79 Å². The lowest BCUT2D eigenvalue weighted by molar-refractivity contribution is -0.125. The molecule has 1 aromatic rings. The van der Waals surface area contributed by atoms with Crippen LogP contribution in [0.15, 0.2) is 24.3 Å². The second-order valence-electron chi connectivity index (χ2n) is 5.24. The van der Waals surface area contributed by atoms with Gasteiger partial charge in [0.15, 0.2) is 0 Å².